The number of aryl methyl sites for hydroxylation is 1. The zero-order valence-electron chi connectivity index (χ0n) is 13.8. The number of carbonyl (C=O) groups excluding carboxylic acids is 2. The molecule has 2 amide bonds. The van der Waals surface area contributed by atoms with Gasteiger partial charge in [-0.1, -0.05) is 25.5 Å². The lowest BCUT2D eigenvalue weighted by atomic mass is 10.1. The molecule has 4 nitrogen and oxygen atoms in total. The summed E-state index contributed by atoms with van der Waals surface area (Å²) in [6.07, 6.45) is 4.10. The van der Waals surface area contributed by atoms with Crippen molar-refractivity contribution in [3.05, 3.63) is 59.7 Å². The van der Waals surface area contributed by atoms with E-state index in [0.29, 0.717) is 5.56 Å². The Morgan fingerprint density at radius 3 is 2.08 bits per heavy atom. The zero-order chi connectivity index (χ0) is 16.9. The first-order chi connectivity index (χ1) is 11.7. The van der Waals surface area contributed by atoms with Crippen molar-refractivity contribution in [1.29, 1.82) is 0 Å². The smallest absolute Gasteiger partial charge is 0.255 e. The monoisotopic (exact) mass is 322 g/mol. The van der Waals surface area contributed by atoms with Crippen LogP contribution in [0.5, 0.6) is 0 Å². The second-order valence-corrected chi connectivity index (χ2v) is 6.24. The summed E-state index contributed by atoms with van der Waals surface area (Å²) in [6, 6.07) is 14.9. The highest BCUT2D eigenvalue weighted by molar-refractivity contribution is 6.04. The Labute approximate surface area is 142 Å². The van der Waals surface area contributed by atoms with Crippen LogP contribution >= 0.6 is 0 Å². The molecule has 24 heavy (non-hydrogen) atoms. The standard InChI is InChI=1S/C20H22N2O2/c1-2-3-14-4-10-17(11-5-14)21-20(24)16-8-12-18(13-9-16)22-19(23)15-6-7-15/h4-5,8-13,15H,2-3,6-7H2,1H3,(H,21,24)(H,22,23). The fraction of sp³-hybridized carbons (Fsp3) is 0.300. The van der Waals surface area contributed by atoms with Gasteiger partial charge in [-0.3, -0.25) is 9.59 Å². The average molecular weight is 322 g/mol. The van der Waals surface area contributed by atoms with Crippen LogP contribution < -0.4 is 10.6 Å². The van der Waals surface area contributed by atoms with Gasteiger partial charge in [-0.2, -0.15) is 0 Å². The number of hydrogen-bond donors (Lipinski definition) is 2. The summed E-state index contributed by atoms with van der Waals surface area (Å²) in [5.74, 6) is 0.0846. The van der Waals surface area contributed by atoms with Gasteiger partial charge in [0.2, 0.25) is 5.91 Å². The molecule has 0 aromatic heterocycles. The molecule has 0 radical (unpaired) electrons. The number of nitrogens with one attached hydrogen (secondary N) is 2. The van der Waals surface area contributed by atoms with Crippen molar-refractivity contribution in [3.63, 3.8) is 0 Å². The largest absolute Gasteiger partial charge is 0.326 e. The van der Waals surface area contributed by atoms with Crippen molar-refractivity contribution in [2.45, 2.75) is 32.6 Å². The van der Waals surface area contributed by atoms with Crippen molar-refractivity contribution in [3.8, 4) is 0 Å². The summed E-state index contributed by atoms with van der Waals surface area (Å²) < 4.78 is 0. The lowest BCUT2D eigenvalue weighted by Crippen LogP contribution is -2.14. The van der Waals surface area contributed by atoms with Gasteiger partial charge in [0.15, 0.2) is 0 Å². The van der Waals surface area contributed by atoms with Crippen molar-refractivity contribution in [2.75, 3.05) is 10.6 Å². The second kappa shape index (κ2) is 7.30. The van der Waals surface area contributed by atoms with Gasteiger partial charge in [0.25, 0.3) is 5.91 Å². The molecule has 1 saturated carbocycles. The number of hydrogen-bond acceptors (Lipinski definition) is 2. The van der Waals surface area contributed by atoms with E-state index < -0.39 is 0 Å². The molecule has 4 heteroatoms. The third kappa shape index (κ3) is 4.22. The molecule has 1 aliphatic rings. The van der Waals surface area contributed by atoms with Crippen molar-refractivity contribution >= 4 is 23.2 Å². The first kappa shape index (κ1) is 16.2. The molecule has 0 unspecified atom stereocenters. The summed E-state index contributed by atoms with van der Waals surface area (Å²) in [4.78, 5) is 24.0. The van der Waals surface area contributed by atoms with E-state index in [1.54, 1.807) is 24.3 Å². The van der Waals surface area contributed by atoms with Gasteiger partial charge >= 0.3 is 0 Å². The molecule has 2 aromatic rings. The van der Waals surface area contributed by atoms with E-state index in [1.165, 1.54) is 5.56 Å². The van der Waals surface area contributed by atoms with Gasteiger partial charge in [-0.15, -0.1) is 0 Å². The molecule has 0 saturated heterocycles. The van der Waals surface area contributed by atoms with Gasteiger partial charge in [0.1, 0.15) is 0 Å². The van der Waals surface area contributed by atoms with E-state index in [-0.39, 0.29) is 17.7 Å². The molecule has 1 fully saturated rings. The minimum Gasteiger partial charge on any atom is -0.326 e. The normalized spacial score (nSPS) is 13.4. The van der Waals surface area contributed by atoms with E-state index in [4.69, 9.17) is 0 Å². The zero-order valence-corrected chi connectivity index (χ0v) is 13.8. The number of anilines is 2. The van der Waals surface area contributed by atoms with Crippen LogP contribution in [-0.4, -0.2) is 11.8 Å². The maximum Gasteiger partial charge on any atom is 0.255 e. The molecule has 0 spiro atoms. The van der Waals surface area contributed by atoms with Gasteiger partial charge in [0, 0.05) is 22.9 Å². The lowest BCUT2D eigenvalue weighted by Gasteiger charge is -2.08. The van der Waals surface area contributed by atoms with E-state index >= 15 is 0 Å². The molecule has 1 aliphatic carbocycles. The van der Waals surface area contributed by atoms with E-state index in [0.717, 1.165) is 37.1 Å². The molecule has 0 bridgehead atoms. The fourth-order valence-corrected chi connectivity index (χ4v) is 2.54. The highest BCUT2D eigenvalue weighted by Crippen LogP contribution is 2.30. The Morgan fingerprint density at radius 2 is 1.50 bits per heavy atom. The van der Waals surface area contributed by atoms with Crippen LogP contribution in [0.15, 0.2) is 48.5 Å². The molecular weight excluding hydrogens is 300 g/mol. The summed E-state index contributed by atoms with van der Waals surface area (Å²) >= 11 is 0. The SMILES string of the molecule is CCCc1ccc(NC(=O)c2ccc(NC(=O)C3CC3)cc2)cc1. The Bertz CT molecular complexity index is 716. The van der Waals surface area contributed by atoms with Crippen LogP contribution in [0.1, 0.15) is 42.1 Å². The maximum absolute atomic E-state index is 12.3. The summed E-state index contributed by atoms with van der Waals surface area (Å²) in [5.41, 5.74) is 3.35. The van der Waals surface area contributed by atoms with Crippen LogP contribution in [0.3, 0.4) is 0 Å². The van der Waals surface area contributed by atoms with Crippen molar-refractivity contribution < 1.29 is 9.59 Å². The minimum atomic E-state index is -0.154. The molecule has 0 aliphatic heterocycles. The number of rotatable bonds is 6. The maximum atomic E-state index is 12.3. The molecule has 124 valence electrons. The van der Waals surface area contributed by atoms with Crippen LogP contribution in [0.2, 0.25) is 0 Å². The van der Waals surface area contributed by atoms with Crippen molar-refractivity contribution in [1.82, 2.24) is 0 Å². The van der Waals surface area contributed by atoms with Crippen LogP contribution in [0, 0.1) is 5.92 Å². The quantitative estimate of drug-likeness (QED) is 0.835. The average Bonchev–Trinajstić information content (AvgIpc) is 3.42. The van der Waals surface area contributed by atoms with E-state index in [1.807, 2.05) is 24.3 Å². The third-order valence-electron chi connectivity index (χ3n) is 4.11. The number of amides is 2. The highest BCUT2D eigenvalue weighted by atomic mass is 16.2. The topological polar surface area (TPSA) is 58.2 Å². The minimum absolute atomic E-state index is 0.0689. The third-order valence-corrected chi connectivity index (χ3v) is 4.11. The molecular formula is C20H22N2O2. The van der Waals surface area contributed by atoms with Crippen LogP contribution in [0.4, 0.5) is 11.4 Å². The number of benzene rings is 2. The fourth-order valence-electron chi connectivity index (χ4n) is 2.54. The first-order valence-corrected chi connectivity index (χ1v) is 8.47. The first-order valence-electron chi connectivity index (χ1n) is 8.47. The number of carbonyl (C=O) groups is 2. The van der Waals surface area contributed by atoms with Gasteiger partial charge in [0.05, 0.1) is 0 Å². The molecule has 2 aromatic carbocycles. The Balaban J connectivity index is 1.58. The summed E-state index contributed by atoms with van der Waals surface area (Å²) in [5, 5.41) is 5.76. The predicted octanol–water partition coefficient (Wildman–Crippen LogP) is 4.24. The molecule has 0 heterocycles. The summed E-state index contributed by atoms with van der Waals surface area (Å²) in [7, 11) is 0. The van der Waals surface area contributed by atoms with Crippen LogP contribution in [0.25, 0.3) is 0 Å². The highest BCUT2D eigenvalue weighted by Gasteiger charge is 2.29. The predicted molar refractivity (Wildman–Crippen MR) is 96.2 cm³/mol. The van der Waals surface area contributed by atoms with Crippen LogP contribution in [-0.2, 0) is 11.2 Å². The summed E-state index contributed by atoms with van der Waals surface area (Å²) in [6.45, 7) is 2.15. The van der Waals surface area contributed by atoms with Gasteiger partial charge in [-0.25, -0.2) is 0 Å². The van der Waals surface area contributed by atoms with E-state index in [9.17, 15) is 9.59 Å². The lowest BCUT2D eigenvalue weighted by molar-refractivity contribution is -0.117. The van der Waals surface area contributed by atoms with E-state index in [2.05, 4.69) is 17.6 Å². The second-order valence-electron chi connectivity index (χ2n) is 6.24. The molecule has 2 N–H and O–H groups in total. The Morgan fingerprint density at radius 1 is 0.917 bits per heavy atom. The molecule has 0 atom stereocenters. The molecule has 3 rings (SSSR count). The van der Waals surface area contributed by atoms with Gasteiger partial charge in [-0.05, 0) is 61.2 Å². The Kier molecular flexibility index (Phi) is 4.94. The Hall–Kier alpha value is -2.62. The van der Waals surface area contributed by atoms with Gasteiger partial charge < -0.3 is 10.6 Å². The van der Waals surface area contributed by atoms with Crippen molar-refractivity contribution in [2.24, 2.45) is 5.92 Å².